The zero-order valence-electron chi connectivity index (χ0n) is 12.1. The molecule has 0 aromatic heterocycles. The Bertz CT molecular complexity index is 457. The van der Waals surface area contributed by atoms with Crippen molar-refractivity contribution in [2.24, 2.45) is 0 Å². The number of hydrogen-bond donors (Lipinski definition) is 1. The van der Waals surface area contributed by atoms with E-state index < -0.39 is 0 Å². The predicted molar refractivity (Wildman–Crippen MR) is 78.4 cm³/mol. The van der Waals surface area contributed by atoms with Crippen molar-refractivity contribution in [3.63, 3.8) is 0 Å². The summed E-state index contributed by atoms with van der Waals surface area (Å²) in [4.78, 5) is 2.73. The van der Waals surface area contributed by atoms with Crippen LogP contribution in [0, 0.1) is 0 Å². The zero-order chi connectivity index (χ0) is 13.4. The Hall–Kier alpha value is -1.02. The number of hydrogen-bond acceptors (Lipinski definition) is 2. The van der Waals surface area contributed by atoms with Crippen LogP contribution >= 0.6 is 0 Å². The average molecular weight is 259 g/mol. The van der Waals surface area contributed by atoms with Gasteiger partial charge in [0.25, 0.3) is 0 Å². The van der Waals surface area contributed by atoms with Gasteiger partial charge in [-0.05, 0) is 68.7 Å². The van der Waals surface area contributed by atoms with E-state index >= 15 is 0 Å². The first-order chi connectivity index (χ1) is 9.20. The monoisotopic (exact) mass is 259 g/mol. The van der Waals surface area contributed by atoms with Gasteiger partial charge in [-0.15, -0.1) is 0 Å². The van der Waals surface area contributed by atoms with Crippen LogP contribution in [0.3, 0.4) is 0 Å². The molecule has 1 aliphatic heterocycles. The highest BCUT2D eigenvalue weighted by Gasteiger charge is 2.37. The third-order valence-electron chi connectivity index (χ3n) is 5.09. The van der Waals surface area contributed by atoms with Crippen LogP contribution in [0.5, 0.6) is 5.75 Å². The van der Waals surface area contributed by atoms with Crippen molar-refractivity contribution in [1.82, 2.24) is 4.90 Å². The molecule has 3 rings (SSSR count). The Morgan fingerprint density at radius 1 is 1.26 bits per heavy atom. The van der Waals surface area contributed by atoms with Crippen LogP contribution in [0.4, 0.5) is 0 Å². The molecule has 1 fully saturated rings. The highest BCUT2D eigenvalue weighted by molar-refractivity contribution is 5.38. The average Bonchev–Trinajstić information content (AvgIpc) is 2.79. The fourth-order valence-corrected chi connectivity index (χ4v) is 4.14. The van der Waals surface area contributed by atoms with Crippen LogP contribution in [0.2, 0.25) is 0 Å². The standard InChI is InChI=1S/C17H25NO/c1-3-14-9-7-12(2)18(14)17-6-4-5-13-8-10-15(19)11-16(13)17/h8,10-12,14,17,19H,3-7,9H2,1-2H3. The van der Waals surface area contributed by atoms with Crippen molar-refractivity contribution in [3.05, 3.63) is 29.3 Å². The van der Waals surface area contributed by atoms with Gasteiger partial charge in [0, 0.05) is 18.1 Å². The van der Waals surface area contributed by atoms with E-state index in [9.17, 15) is 5.11 Å². The molecule has 0 radical (unpaired) electrons. The van der Waals surface area contributed by atoms with E-state index in [2.05, 4.69) is 24.8 Å². The van der Waals surface area contributed by atoms with Gasteiger partial charge in [0.1, 0.15) is 5.75 Å². The van der Waals surface area contributed by atoms with Gasteiger partial charge >= 0.3 is 0 Å². The Morgan fingerprint density at radius 2 is 2.11 bits per heavy atom. The highest BCUT2D eigenvalue weighted by Crippen LogP contribution is 2.42. The van der Waals surface area contributed by atoms with Crippen LogP contribution in [-0.4, -0.2) is 22.1 Å². The minimum Gasteiger partial charge on any atom is -0.508 e. The molecule has 1 aromatic carbocycles. The molecule has 1 aliphatic carbocycles. The first-order valence-electron chi connectivity index (χ1n) is 7.80. The van der Waals surface area contributed by atoms with Crippen molar-refractivity contribution < 1.29 is 5.11 Å². The Labute approximate surface area is 116 Å². The third kappa shape index (κ3) is 2.27. The molecular formula is C17H25NO. The van der Waals surface area contributed by atoms with Gasteiger partial charge in [-0.3, -0.25) is 4.90 Å². The quantitative estimate of drug-likeness (QED) is 0.866. The van der Waals surface area contributed by atoms with Gasteiger partial charge < -0.3 is 5.11 Å². The molecule has 3 atom stereocenters. The first-order valence-corrected chi connectivity index (χ1v) is 7.80. The molecule has 1 aromatic rings. The number of phenolic OH excluding ortho intramolecular Hbond substituents is 1. The van der Waals surface area contributed by atoms with E-state index in [0.717, 1.165) is 6.04 Å². The number of aryl methyl sites for hydroxylation is 1. The van der Waals surface area contributed by atoms with E-state index in [0.29, 0.717) is 17.8 Å². The Morgan fingerprint density at radius 3 is 2.89 bits per heavy atom. The number of phenols is 1. The second kappa shape index (κ2) is 5.16. The Balaban J connectivity index is 1.96. The fraction of sp³-hybridized carbons (Fsp3) is 0.647. The molecule has 1 saturated heterocycles. The van der Waals surface area contributed by atoms with Crippen LogP contribution in [-0.2, 0) is 6.42 Å². The minimum absolute atomic E-state index is 0.422. The molecule has 0 spiro atoms. The molecule has 2 nitrogen and oxygen atoms in total. The summed E-state index contributed by atoms with van der Waals surface area (Å²) in [5.74, 6) is 0.422. The molecule has 2 heteroatoms. The summed E-state index contributed by atoms with van der Waals surface area (Å²) in [6, 6.07) is 7.91. The normalized spacial score (nSPS) is 31.4. The van der Waals surface area contributed by atoms with Crippen molar-refractivity contribution in [2.45, 2.75) is 70.5 Å². The Kier molecular flexibility index (Phi) is 3.53. The largest absolute Gasteiger partial charge is 0.508 e. The maximum absolute atomic E-state index is 9.82. The smallest absolute Gasteiger partial charge is 0.115 e. The molecule has 1 heterocycles. The summed E-state index contributed by atoms with van der Waals surface area (Å²) in [7, 11) is 0. The molecule has 0 saturated carbocycles. The number of likely N-dealkylation sites (tertiary alicyclic amines) is 1. The van der Waals surface area contributed by atoms with Crippen molar-refractivity contribution >= 4 is 0 Å². The number of rotatable bonds is 2. The van der Waals surface area contributed by atoms with Crippen LogP contribution in [0.1, 0.15) is 63.1 Å². The number of fused-ring (bicyclic) bond motifs is 1. The molecule has 0 bridgehead atoms. The molecule has 0 amide bonds. The van der Waals surface area contributed by atoms with E-state index in [-0.39, 0.29) is 0 Å². The lowest BCUT2D eigenvalue weighted by atomic mass is 9.85. The van der Waals surface area contributed by atoms with Gasteiger partial charge in [0.05, 0.1) is 0 Å². The molecule has 3 unspecified atom stereocenters. The van der Waals surface area contributed by atoms with Gasteiger partial charge in [0.15, 0.2) is 0 Å². The summed E-state index contributed by atoms with van der Waals surface area (Å²) in [6.07, 6.45) is 7.60. The second-order valence-corrected chi connectivity index (χ2v) is 6.23. The third-order valence-corrected chi connectivity index (χ3v) is 5.09. The maximum atomic E-state index is 9.82. The van der Waals surface area contributed by atoms with E-state index in [4.69, 9.17) is 0 Å². The highest BCUT2D eigenvalue weighted by atomic mass is 16.3. The predicted octanol–water partition coefficient (Wildman–Crippen LogP) is 4.03. The lowest BCUT2D eigenvalue weighted by molar-refractivity contribution is 0.119. The number of nitrogens with zero attached hydrogens (tertiary/aromatic N) is 1. The summed E-state index contributed by atoms with van der Waals surface area (Å²) in [6.45, 7) is 4.68. The van der Waals surface area contributed by atoms with Gasteiger partial charge in [-0.1, -0.05) is 13.0 Å². The summed E-state index contributed by atoms with van der Waals surface area (Å²) < 4.78 is 0. The summed E-state index contributed by atoms with van der Waals surface area (Å²) in [5, 5.41) is 9.82. The molecule has 1 N–H and O–H groups in total. The maximum Gasteiger partial charge on any atom is 0.115 e. The van der Waals surface area contributed by atoms with Crippen LogP contribution in [0.15, 0.2) is 18.2 Å². The van der Waals surface area contributed by atoms with Gasteiger partial charge in [-0.2, -0.15) is 0 Å². The minimum atomic E-state index is 0.422. The summed E-state index contributed by atoms with van der Waals surface area (Å²) >= 11 is 0. The van der Waals surface area contributed by atoms with Crippen molar-refractivity contribution in [2.75, 3.05) is 0 Å². The number of benzene rings is 1. The SMILES string of the molecule is CCC1CCC(C)N1C1CCCc2ccc(O)cc21. The molecule has 19 heavy (non-hydrogen) atoms. The number of aromatic hydroxyl groups is 1. The van der Waals surface area contributed by atoms with Crippen molar-refractivity contribution in [1.29, 1.82) is 0 Å². The molecule has 2 aliphatic rings. The fourth-order valence-electron chi connectivity index (χ4n) is 4.14. The van der Waals surface area contributed by atoms with Crippen molar-refractivity contribution in [3.8, 4) is 5.75 Å². The molecule has 104 valence electrons. The topological polar surface area (TPSA) is 23.5 Å². The first kappa shape index (κ1) is 13.0. The van der Waals surface area contributed by atoms with E-state index in [1.165, 1.54) is 49.7 Å². The summed E-state index contributed by atoms with van der Waals surface area (Å²) in [5.41, 5.74) is 2.83. The van der Waals surface area contributed by atoms with Gasteiger partial charge in [-0.25, -0.2) is 0 Å². The lowest BCUT2D eigenvalue weighted by Gasteiger charge is -2.39. The zero-order valence-corrected chi connectivity index (χ0v) is 12.1. The van der Waals surface area contributed by atoms with E-state index in [1.54, 1.807) is 0 Å². The molecular weight excluding hydrogens is 234 g/mol. The second-order valence-electron chi connectivity index (χ2n) is 6.23. The lowest BCUT2D eigenvalue weighted by Crippen LogP contribution is -2.39. The van der Waals surface area contributed by atoms with E-state index in [1.807, 2.05) is 12.1 Å². The van der Waals surface area contributed by atoms with Crippen LogP contribution in [0.25, 0.3) is 0 Å². The van der Waals surface area contributed by atoms with Gasteiger partial charge in [0.2, 0.25) is 0 Å². The van der Waals surface area contributed by atoms with Crippen LogP contribution < -0.4 is 0 Å².